The molecule has 1 nitrogen and oxygen atoms in total. The first-order chi connectivity index (χ1) is 10.8. The summed E-state index contributed by atoms with van der Waals surface area (Å²) in [5.74, 6) is 0. The number of hydrogen-bond donors (Lipinski definition) is 0. The number of benzene rings is 2. The molecule has 2 aromatic rings. The first-order valence-electron chi connectivity index (χ1n) is 8.65. The lowest BCUT2D eigenvalue weighted by atomic mass is 9.93. The van der Waals surface area contributed by atoms with Crippen molar-refractivity contribution in [1.82, 2.24) is 4.90 Å². The molecular formula is C21H27N. The van der Waals surface area contributed by atoms with Crippen LogP contribution in [0.3, 0.4) is 0 Å². The van der Waals surface area contributed by atoms with E-state index in [9.17, 15) is 0 Å². The van der Waals surface area contributed by atoms with Crippen molar-refractivity contribution >= 4 is 0 Å². The normalized spacial score (nSPS) is 16.1. The van der Waals surface area contributed by atoms with Gasteiger partial charge in [-0.3, -0.25) is 4.90 Å². The Labute approximate surface area is 135 Å². The highest BCUT2D eigenvalue weighted by Crippen LogP contribution is 2.25. The molecule has 0 amide bonds. The summed E-state index contributed by atoms with van der Waals surface area (Å²) >= 11 is 0. The van der Waals surface area contributed by atoms with Crippen molar-refractivity contribution in [2.75, 3.05) is 0 Å². The molecule has 0 heterocycles. The van der Waals surface area contributed by atoms with Gasteiger partial charge in [-0.1, -0.05) is 79.4 Å². The van der Waals surface area contributed by atoms with E-state index >= 15 is 0 Å². The van der Waals surface area contributed by atoms with Gasteiger partial charge in [-0.05, 0) is 30.9 Å². The Morgan fingerprint density at radius 2 is 1.36 bits per heavy atom. The molecule has 3 rings (SSSR count). The van der Waals surface area contributed by atoms with E-state index in [-0.39, 0.29) is 0 Å². The van der Waals surface area contributed by atoms with Crippen molar-refractivity contribution in [1.29, 1.82) is 0 Å². The van der Waals surface area contributed by atoms with Crippen LogP contribution in [0.2, 0.25) is 0 Å². The van der Waals surface area contributed by atoms with Crippen LogP contribution >= 0.6 is 0 Å². The Hall–Kier alpha value is -1.60. The molecule has 0 N–H and O–H groups in total. The Bertz CT molecular complexity index is 552. The molecule has 1 aliphatic carbocycles. The van der Waals surface area contributed by atoms with Gasteiger partial charge >= 0.3 is 0 Å². The van der Waals surface area contributed by atoms with Crippen LogP contribution in [0.1, 0.15) is 48.8 Å². The molecule has 0 radical (unpaired) electrons. The van der Waals surface area contributed by atoms with Gasteiger partial charge in [0.15, 0.2) is 0 Å². The lowest BCUT2D eigenvalue weighted by molar-refractivity contribution is 0.140. The summed E-state index contributed by atoms with van der Waals surface area (Å²) < 4.78 is 0. The van der Waals surface area contributed by atoms with Gasteiger partial charge in [0.2, 0.25) is 0 Å². The molecule has 2 aromatic carbocycles. The zero-order valence-electron chi connectivity index (χ0n) is 13.7. The molecule has 0 aliphatic heterocycles. The minimum Gasteiger partial charge on any atom is -0.292 e. The van der Waals surface area contributed by atoms with Crippen LogP contribution in [0.25, 0.3) is 0 Å². The number of rotatable bonds is 5. The molecule has 0 atom stereocenters. The third-order valence-corrected chi connectivity index (χ3v) is 4.83. The molecule has 1 fully saturated rings. The number of nitrogens with zero attached hydrogens (tertiary/aromatic N) is 1. The van der Waals surface area contributed by atoms with Gasteiger partial charge in [-0.2, -0.15) is 0 Å². The van der Waals surface area contributed by atoms with Crippen molar-refractivity contribution in [3.63, 3.8) is 0 Å². The summed E-state index contributed by atoms with van der Waals surface area (Å²) in [6.45, 7) is 4.30. The van der Waals surface area contributed by atoms with E-state index in [0.29, 0.717) is 0 Å². The molecule has 1 saturated carbocycles. The predicted octanol–water partition coefficient (Wildman–Crippen LogP) is 5.33. The van der Waals surface area contributed by atoms with Gasteiger partial charge in [-0.25, -0.2) is 0 Å². The second-order valence-electron chi connectivity index (χ2n) is 6.67. The predicted molar refractivity (Wildman–Crippen MR) is 93.7 cm³/mol. The van der Waals surface area contributed by atoms with Gasteiger partial charge in [0, 0.05) is 19.1 Å². The fourth-order valence-electron chi connectivity index (χ4n) is 3.51. The first kappa shape index (κ1) is 15.3. The number of hydrogen-bond acceptors (Lipinski definition) is 1. The standard InChI is InChI=1S/C21H27N/c1-18-12-14-20(15-13-18)17-22(21-10-6-3-7-11-21)16-19-8-4-2-5-9-19/h2,4-5,8-9,12-15,21H,3,6-7,10-11,16-17H2,1H3. The van der Waals surface area contributed by atoms with E-state index in [2.05, 4.69) is 66.4 Å². The maximum absolute atomic E-state index is 2.69. The van der Waals surface area contributed by atoms with Crippen molar-refractivity contribution in [2.24, 2.45) is 0 Å². The second-order valence-corrected chi connectivity index (χ2v) is 6.67. The molecule has 1 aliphatic rings. The quantitative estimate of drug-likeness (QED) is 0.720. The van der Waals surface area contributed by atoms with Gasteiger partial charge < -0.3 is 0 Å². The maximum Gasteiger partial charge on any atom is 0.0240 e. The van der Waals surface area contributed by atoms with Crippen molar-refractivity contribution in [3.8, 4) is 0 Å². The van der Waals surface area contributed by atoms with E-state index in [4.69, 9.17) is 0 Å². The third kappa shape index (κ3) is 4.20. The largest absolute Gasteiger partial charge is 0.292 e. The summed E-state index contributed by atoms with van der Waals surface area (Å²) in [4.78, 5) is 2.69. The summed E-state index contributed by atoms with van der Waals surface area (Å²) in [5, 5.41) is 0. The van der Waals surface area contributed by atoms with E-state index in [1.165, 1.54) is 48.8 Å². The van der Waals surface area contributed by atoms with E-state index in [0.717, 1.165) is 19.1 Å². The topological polar surface area (TPSA) is 3.24 Å². The fourth-order valence-corrected chi connectivity index (χ4v) is 3.51. The summed E-state index contributed by atoms with van der Waals surface area (Å²) in [6.07, 6.45) is 6.92. The van der Waals surface area contributed by atoms with Gasteiger partial charge in [-0.15, -0.1) is 0 Å². The highest BCUT2D eigenvalue weighted by molar-refractivity contribution is 5.22. The highest BCUT2D eigenvalue weighted by atomic mass is 15.2. The van der Waals surface area contributed by atoms with Crippen LogP contribution in [0.4, 0.5) is 0 Å². The Morgan fingerprint density at radius 3 is 2.00 bits per heavy atom. The van der Waals surface area contributed by atoms with E-state index in [1.807, 2.05) is 0 Å². The smallest absolute Gasteiger partial charge is 0.0240 e. The average Bonchev–Trinajstić information content (AvgIpc) is 2.58. The SMILES string of the molecule is Cc1ccc(CN(Cc2ccccc2)C2CCCCC2)cc1. The average molecular weight is 293 g/mol. The van der Waals surface area contributed by atoms with Crippen LogP contribution in [-0.2, 0) is 13.1 Å². The molecular weight excluding hydrogens is 266 g/mol. The molecule has 1 heteroatoms. The van der Waals surface area contributed by atoms with E-state index in [1.54, 1.807) is 0 Å². The van der Waals surface area contributed by atoms with Gasteiger partial charge in [0.25, 0.3) is 0 Å². The van der Waals surface area contributed by atoms with Gasteiger partial charge in [0.1, 0.15) is 0 Å². The molecule has 0 saturated heterocycles. The highest BCUT2D eigenvalue weighted by Gasteiger charge is 2.21. The zero-order valence-corrected chi connectivity index (χ0v) is 13.7. The monoisotopic (exact) mass is 293 g/mol. The number of aryl methyl sites for hydroxylation is 1. The van der Waals surface area contributed by atoms with E-state index < -0.39 is 0 Å². The Morgan fingerprint density at radius 1 is 0.773 bits per heavy atom. The minimum atomic E-state index is 0.746. The first-order valence-corrected chi connectivity index (χ1v) is 8.65. The molecule has 0 unspecified atom stereocenters. The van der Waals surface area contributed by atoms with Crippen LogP contribution in [-0.4, -0.2) is 10.9 Å². The van der Waals surface area contributed by atoms with Crippen LogP contribution in [0.5, 0.6) is 0 Å². The molecule has 22 heavy (non-hydrogen) atoms. The summed E-state index contributed by atoms with van der Waals surface area (Å²) in [6, 6.07) is 20.7. The lowest BCUT2D eigenvalue weighted by Gasteiger charge is -2.34. The third-order valence-electron chi connectivity index (χ3n) is 4.83. The second kappa shape index (κ2) is 7.60. The Kier molecular flexibility index (Phi) is 5.29. The van der Waals surface area contributed by atoms with Crippen LogP contribution < -0.4 is 0 Å². The molecule has 0 aromatic heterocycles. The maximum atomic E-state index is 2.69. The van der Waals surface area contributed by atoms with Crippen molar-refractivity contribution in [2.45, 2.75) is 58.2 Å². The Balaban J connectivity index is 1.74. The summed E-state index contributed by atoms with van der Waals surface area (Å²) in [5.41, 5.74) is 4.21. The van der Waals surface area contributed by atoms with Crippen LogP contribution in [0, 0.1) is 6.92 Å². The fraction of sp³-hybridized carbons (Fsp3) is 0.429. The minimum absolute atomic E-state index is 0.746. The van der Waals surface area contributed by atoms with Gasteiger partial charge in [0.05, 0.1) is 0 Å². The lowest BCUT2D eigenvalue weighted by Crippen LogP contribution is -2.35. The zero-order chi connectivity index (χ0) is 15.2. The molecule has 0 bridgehead atoms. The van der Waals surface area contributed by atoms with Crippen LogP contribution in [0.15, 0.2) is 54.6 Å². The van der Waals surface area contributed by atoms with Crippen molar-refractivity contribution < 1.29 is 0 Å². The van der Waals surface area contributed by atoms with Crippen molar-refractivity contribution in [3.05, 3.63) is 71.3 Å². The molecule has 116 valence electrons. The molecule has 0 spiro atoms. The summed E-state index contributed by atoms with van der Waals surface area (Å²) in [7, 11) is 0.